The van der Waals surface area contributed by atoms with Crippen molar-refractivity contribution in [2.45, 2.75) is 27.2 Å². The molecule has 0 bridgehead atoms. The summed E-state index contributed by atoms with van der Waals surface area (Å²) in [4.78, 5) is 23.4. The van der Waals surface area contributed by atoms with Crippen molar-refractivity contribution < 1.29 is 4.74 Å². The van der Waals surface area contributed by atoms with E-state index < -0.39 is 0 Å². The van der Waals surface area contributed by atoms with Gasteiger partial charge in [0.05, 0.1) is 27.5 Å². The van der Waals surface area contributed by atoms with E-state index in [1.165, 1.54) is 5.57 Å². The molecular weight excluding hydrogens is 468 g/mol. The standard InChI is InChI=1S/C25H25ClN6OS/c1-4-8-29-25-30-15-23(34-25)21-13-20(31-24(32-21)22-14-27-9-10-28-22)18-6-5-17(12-19(18)26)33-11-7-16(2)3/h5-7,9-10,12-15H,4,8,11H2,1-3H3,(H,29,30). The molecule has 1 aromatic carbocycles. The SMILES string of the molecule is CCCNc1ncc(-c2cc(-c3ccc(OCC=C(C)C)cc3Cl)nc(-c3cnccn3)n2)s1. The summed E-state index contributed by atoms with van der Waals surface area (Å²) < 4.78 is 5.78. The van der Waals surface area contributed by atoms with E-state index in [2.05, 4.69) is 27.2 Å². The largest absolute Gasteiger partial charge is 0.489 e. The molecule has 3 heterocycles. The van der Waals surface area contributed by atoms with Crippen LogP contribution in [0.3, 0.4) is 0 Å². The molecule has 34 heavy (non-hydrogen) atoms. The lowest BCUT2D eigenvalue weighted by molar-refractivity contribution is 0.362. The zero-order valence-electron chi connectivity index (χ0n) is 19.2. The number of thiazole rings is 1. The third-order valence-corrected chi connectivity index (χ3v) is 6.05. The van der Waals surface area contributed by atoms with Gasteiger partial charge in [-0.15, -0.1) is 0 Å². The van der Waals surface area contributed by atoms with Crippen LogP contribution in [0.5, 0.6) is 5.75 Å². The highest BCUT2D eigenvalue weighted by Gasteiger charge is 2.15. The zero-order valence-corrected chi connectivity index (χ0v) is 20.8. The first-order valence-corrected chi connectivity index (χ1v) is 12.1. The molecule has 0 spiro atoms. The number of allylic oxidation sites excluding steroid dienone is 1. The number of hydrogen-bond acceptors (Lipinski definition) is 8. The maximum Gasteiger partial charge on any atom is 0.183 e. The van der Waals surface area contributed by atoms with Crippen LogP contribution < -0.4 is 10.1 Å². The summed E-state index contributed by atoms with van der Waals surface area (Å²) in [6, 6.07) is 7.53. The monoisotopic (exact) mass is 492 g/mol. The molecule has 0 saturated carbocycles. The number of rotatable bonds is 9. The zero-order chi connectivity index (χ0) is 23.9. The second kappa shape index (κ2) is 11.2. The van der Waals surface area contributed by atoms with Crippen molar-refractivity contribution in [3.8, 4) is 39.1 Å². The minimum Gasteiger partial charge on any atom is -0.489 e. The molecule has 1 N–H and O–H groups in total. The van der Waals surface area contributed by atoms with Gasteiger partial charge in [-0.2, -0.15) is 0 Å². The molecule has 0 amide bonds. The van der Waals surface area contributed by atoms with Crippen molar-refractivity contribution in [1.82, 2.24) is 24.9 Å². The number of hydrogen-bond donors (Lipinski definition) is 1. The molecule has 9 heteroatoms. The summed E-state index contributed by atoms with van der Waals surface area (Å²) in [5.74, 6) is 1.17. The first-order valence-electron chi connectivity index (χ1n) is 10.9. The van der Waals surface area contributed by atoms with Crippen LogP contribution in [0.25, 0.3) is 33.3 Å². The third kappa shape index (κ3) is 5.95. The van der Waals surface area contributed by atoms with Gasteiger partial charge in [0.2, 0.25) is 0 Å². The summed E-state index contributed by atoms with van der Waals surface area (Å²) in [6.45, 7) is 7.54. The normalized spacial score (nSPS) is 10.7. The van der Waals surface area contributed by atoms with Crippen molar-refractivity contribution in [3.05, 3.63) is 65.7 Å². The van der Waals surface area contributed by atoms with E-state index >= 15 is 0 Å². The van der Waals surface area contributed by atoms with Crippen molar-refractivity contribution >= 4 is 28.1 Å². The van der Waals surface area contributed by atoms with E-state index in [1.54, 1.807) is 36.0 Å². The highest BCUT2D eigenvalue weighted by atomic mass is 35.5. The van der Waals surface area contributed by atoms with E-state index in [4.69, 9.17) is 26.3 Å². The Morgan fingerprint density at radius 3 is 2.65 bits per heavy atom. The second-order valence-electron chi connectivity index (χ2n) is 7.74. The number of nitrogens with one attached hydrogen (secondary N) is 1. The van der Waals surface area contributed by atoms with E-state index in [-0.39, 0.29) is 0 Å². The fraction of sp³-hybridized carbons (Fsp3) is 0.240. The lowest BCUT2D eigenvalue weighted by atomic mass is 10.1. The molecule has 0 unspecified atom stereocenters. The van der Waals surface area contributed by atoms with Crippen LogP contribution in [-0.4, -0.2) is 38.1 Å². The second-order valence-corrected chi connectivity index (χ2v) is 9.18. The van der Waals surface area contributed by atoms with E-state index in [9.17, 15) is 0 Å². The predicted octanol–water partition coefficient (Wildman–Crippen LogP) is 6.54. The molecule has 7 nitrogen and oxygen atoms in total. The number of anilines is 1. The lowest BCUT2D eigenvalue weighted by Gasteiger charge is -2.10. The van der Waals surface area contributed by atoms with Crippen LogP contribution >= 0.6 is 22.9 Å². The quantitative estimate of drug-likeness (QED) is 0.265. The Morgan fingerprint density at radius 1 is 1.06 bits per heavy atom. The Hall–Kier alpha value is -3.36. The molecule has 0 aliphatic heterocycles. The van der Waals surface area contributed by atoms with Gasteiger partial charge in [-0.25, -0.2) is 19.9 Å². The van der Waals surface area contributed by atoms with Crippen molar-refractivity contribution in [2.75, 3.05) is 18.5 Å². The van der Waals surface area contributed by atoms with E-state index in [0.717, 1.165) is 34.2 Å². The van der Waals surface area contributed by atoms with Gasteiger partial charge in [-0.3, -0.25) is 4.98 Å². The molecule has 4 rings (SSSR count). The van der Waals surface area contributed by atoms with Crippen LogP contribution in [0.4, 0.5) is 5.13 Å². The Labute approximate surface area is 208 Å². The van der Waals surface area contributed by atoms with Gasteiger partial charge >= 0.3 is 0 Å². The highest BCUT2D eigenvalue weighted by molar-refractivity contribution is 7.18. The molecule has 0 aliphatic carbocycles. The Kier molecular flexibility index (Phi) is 7.82. The maximum atomic E-state index is 6.66. The van der Waals surface area contributed by atoms with Crippen LogP contribution in [0.1, 0.15) is 27.2 Å². The number of ether oxygens (including phenoxy) is 1. The molecule has 0 atom stereocenters. The average Bonchev–Trinajstić information content (AvgIpc) is 3.32. The summed E-state index contributed by atoms with van der Waals surface area (Å²) in [7, 11) is 0. The van der Waals surface area contributed by atoms with Gasteiger partial charge in [0.25, 0.3) is 0 Å². The van der Waals surface area contributed by atoms with E-state index in [0.29, 0.717) is 34.6 Å². The van der Waals surface area contributed by atoms with Gasteiger partial charge in [0, 0.05) is 30.7 Å². The summed E-state index contributed by atoms with van der Waals surface area (Å²) in [5, 5.41) is 4.71. The fourth-order valence-corrected chi connectivity index (χ4v) is 4.11. The Morgan fingerprint density at radius 2 is 1.91 bits per heavy atom. The smallest absolute Gasteiger partial charge is 0.183 e. The Balaban J connectivity index is 1.73. The molecule has 0 fully saturated rings. The van der Waals surface area contributed by atoms with Crippen LogP contribution in [0, 0.1) is 0 Å². The Bertz CT molecular complexity index is 1290. The van der Waals surface area contributed by atoms with Gasteiger partial charge in [0.1, 0.15) is 18.1 Å². The summed E-state index contributed by atoms with van der Waals surface area (Å²) in [5.41, 5.74) is 3.98. The van der Waals surface area contributed by atoms with Gasteiger partial charge in [-0.05, 0) is 50.6 Å². The number of aromatic nitrogens is 5. The first kappa shape index (κ1) is 23.8. The molecule has 3 aromatic heterocycles. The van der Waals surface area contributed by atoms with Crippen molar-refractivity contribution in [1.29, 1.82) is 0 Å². The van der Waals surface area contributed by atoms with E-state index in [1.807, 2.05) is 44.3 Å². The van der Waals surface area contributed by atoms with Gasteiger partial charge < -0.3 is 10.1 Å². The fourth-order valence-electron chi connectivity index (χ4n) is 3.04. The molecule has 174 valence electrons. The number of halogens is 1. The third-order valence-electron chi connectivity index (χ3n) is 4.76. The lowest BCUT2D eigenvalue weighted by Crippen LogP contribution is -1.98. The van der Waals surface area contributed by atoms with Crippen LogP contribution in [-0.2, 0) is 0 Å². The van der Waals surface area contributed by atoms with Gasteiger partial charge in [0.15, 0.2) is 11.0 Å². The van der Waals surface area contributed by atoms with Gasteiger partial charge in [-0.1, -0.05) is 35.4 Å². The topological polar surface area (TPSA) is 85.7 Å². The highest BCUT2D eigenvalue weighted by Crippen LogP contribution is 2.35. The van der Waals surface area contributed by atoms with Crippen LogP contribution in [0.2, 0.25) is 5.02 Å². The minimum atomic E-state index is 0.469. The molecule has 0 aliphatic rings. The molecule has 0 saturated heterocycles. The minimum absolute atomic E-state index is 0.469. The molecule has 4 aromatic rings. The number of benzene rings is 1. The molecule has 0 radical (unpaired) electrons. The maximum absolute atomic E-state index is 6.66. The summed E-state index contributed by atoms with van der Waals surface area (Å²) >= 11 is 8.20. The summed E-state index contributed by atoms with van der Waals surface area (Å²) in [6.07, 6.45) is 9.74. The first-order chi connectivity index (χ1) is 16.5. The van der Waals surface area contributed by atoms with Crippen molar-refractivity contribution in [2.24, 2.45) is 0 Å². The number of nitrogens with zero attached hydrogens (tertiary/aromatic N) is 5. The average molecular weight is 493 g/mol. The predicted molar refractivity (Wildman–Crippen MR) is 138 cm³/mol. The van der Waals surface area contributed by atoms with Crippen molar-refractivity contribution in [3.63, 3.8) is 0 Å². The van der Waals surface area contributed by atoms with Crippen LogP contribution in [0.15, 0.2) is 60.7 Å². The molecular formula is C25H25ClN6OS.